The zero-order chi connectivity index (χ0) is 16.1. The van der Waals surface area contributed by atoms with Crippen molar-refractivity contribution in [3.8, 4) is 0 Å². The molecule has 1 aromatic heterocycles. The third kappa shape index (κ3) is 4.61. The molecule has 0 fully saturated rings. The third-order valence-electron chi connectivity index (χ3n) is 2.87. The topological polar surface area (TPSA) is 54.0 Å². The van der Waals surface area contributed by atoms with Gasteiger partial charge in [0.2, 0.25) is 0 Å². The van der Waals surface area contributed by atoms with E-state index in [2.05, 4.69) is 15.6 Å². The lowest BCUT2D eigenvalue weighted by atomic mass is 10.2. The molecule has 1 aromatic carbocycles. The molecule has 116 valence electrons. The van der Waals surface area contributed by atoms with Crippen molar-refractivity contribution in [2.24, 2.45) is 5.92 Å². The number of rotatable bonds is 5. The van der Waals surface area contributed by atoms with Crippen LogP contribution in [0.5, 0.6) is 0 Å². The molecule has 0 spiro atoms. The molecule has 0 aliphatic heterocycles. The summed E-state index contributed by atoms with van der Waals surface area (Å²) in [6, 6.07) is 8.63. The third-order valence-corrected chi connectivity index (χ3v) is 3.42. The van der Waals surface area contributed by atoms with Crippen LogP contribution in [0.4, 0.5) is 11.4 Å². The number of aromatic nitrogens is 1. The molecule has 0 aliphatic carbocycles. The van der Waals surface area contributed by atoms with Gasteiger partial charge >= 0.3 is 0 Å². The number of nitrogens with zero attached hydrogens (tertiary/aromatic N) is 1. The van der Waals surface area contributed by atoms with Gasteiger partial charge in [-0.15, -0.1) is 0 Å². The van der Waals surface area contributed by atoms with Gasteiger partial charge in [0, 0.05) is 23.5 Å². The zero-order valence-electron chi connectivity index (χ0n) is 12.4. The van der Waals surface area contributed by atoms with Crippen LogP contribution in [0.25, 0.3) is 0 Å². The van der Waals surface area contributed by atoms with E-state index in [-0.39, 0.29) is 5.91 Å². The average molecular weight is 338 g/mol. The SMILES string of the molecule is CC(C)CNC(=O)c1cc(Nc2ccc(Cl)cc2Cl)ccn1. The number of halogens is 2. The van der Waals surface area contributed by atoms with Gasteiger partial charge in [0.25, 0.3) is 5.91 Å². The number of nitrogens with one attached hydrogen (secondary N) is 2. The highest BCUT2D eigenvalue weighted by Crippen LogP contribution is 2.28. The van der Waals surface area contributed by atoms with Gasteiger partial charge in [-0.3, -0.25) is 9.78 Å². The van der Waals surface area contributed by atoms with Crippen LogP contribution >= 0.6 is 23.2 Å². The van der Waals surface area contributed by atoms with Gasteiger partial charge < -0.3 is 10.6 Å². The molecule has 2 N–H and O–H groups in total. The van der Waals surface area contributed by atoms with E-state index in [1.807, 2.05) is 13.8 Å². The standard InChI is InChI=1S/C16H17Cl2N3O/c1-10(2)9-20-16(22)15-8-12(5-6-19-15)21-14-4-3-11(17)7-13(14)18/h3-8,10H,9H2,1-2H3,(H,19,21)(H,20,22). The quantitative estimate of drug-likeness (QED) is 0.843. The van der Waals surface area contributed by atoms with Crippen molar-refractivity contribution in [3.05, 3.63) is 52.3 Å². The van der Waals surface area contributed by atoms with Crippen molar-refractivity contribution >= 4 is 40.5 Å². The molecular formula is C16H17Cl2N3O. The second kappa shape index (κ2) is 7.47. The van der Waals surface area contributed by atoms with Crippen LogP contribution in [-0.2, 0) is 0 Å². The Labute approximate surface area is 139 Å². The minimum Gasteiger partial charge on any atom is -0.354 e. The molecule has 0 atom stereocenters. The van der Waals surface area contributed by atoms with Gasteiger partial charge in [-0.1, -0.05) is 37.0 Å². The van der Waals surface area contributed by atoms with Gasteiger partial charge in [-0.05, 0) is 36.2 Å². The summed E-state index contributed by atoms with van der Waals surface area (Å²) in [5.74, 6) is 0.192. The summed E-state index contributed by atoms with van der Waals surface area (Å²) in [5.41, 5.74) is 1.80. The molecule has 0 radical (unpaired) electrons. The van der Waals surface area contributed by atoms with Crippen molar-refractivity contribution in [3.63, 3.8) is 0 Å². The number of carbonyl (C=O) groups is 1. The average Bonchev–Trinajstić information content (AvgIpc) is 2.48. The first-order valence-electron chi connectivity index (χ1n) is 6.92. The fourth-order valence-corrected chi connectivity index (χ4v) is 2.22. The van der Waals surface area contributed by atoms with Crippen LogP contribution < -0.4 is 10.6 Å². The number of carbonyl (C=O) groups excluding carboxylic acids is 1. The predicted molar refractivity (Wildman–Crippen MR) is 91.2 cm³/mol. The van der Waals surface area contributed by atoms with Crippen LogP contribution in [-0.4, -0.2) is 17.4 Å². The predicted octanol–water partition coefficient (Wildman–Crippen LogP) is 4.52. The van der Waals surface area contributed by atoms with Crippen LogP contribution in [0.1, 0.15) is 24.3 Å². The van der Waals surface area contributed by atoms with E-state index in [0.29, 0.717) is 33.9 Å². The number of amides is 1. The molecule has 0 bridgehead atoms. The van der Waals surface area contributed by atoms with E-state index < -0.39 is 0 Å². The number of anilines is 2. The summed E-state index contributed by atoms with van der Waals surface area (Å²) in [7, 11) is 0. The largest absolute Gasteiger partial charge is 0.354 e. The molecule has 0 unspecified atom stereocenters. The molecule has 2 rings (SSSR count). The van der Waals surface area contributed by atoms with Crippen molar-refractivity contribution in [2.75, 3.05) is 11.9 Å². The number of pyridine rings is 1. The van der Waals surface area contributed by atoms with Crippen LogP contribution in [0.3, 0.4) is 0 Å². The number of hydrogen-bond acceptors (Lipinski definition) is 3. The lowest BCUT2D eigenvalue weighted by Gasteiger charge is -2.10. The Hall–Kier alpha value is -1.78. The fraction of sp³-hybridized carbons (Fsp3) is 0.250. The number of hydrogen-bond donors (Lipinski definition) is 2. The van der Waals surface area contributed by atoms with Gasteiger partial charge in [0.05, 0.1) is 10.7 Å². The maximum Gasteiger partial charge on any atom is 0.269 e. The summed E-state index contributed by atoms with van der Waals surface area (Å²) in [5, 5.41) is 7.06. The lowest BCUT2D eigenvalue weighted by molar-refractivity contribution is 0.0944. The van der Waals surface area contributed by atoms with Gasteiger partial charge in [0.15, 0.2) is 0 Å². The van der Waals surface area contributed by atoms with Gasteiger partial charge in [0.1, 0.15) is 5.69 Å². The van der Waals surface area contributed by atoms with Crippen molar-refractivity contribution in [1.29, 1.82) is 0 Å². The van der Waals surface area contributed by atoms with Crippen molar-refractivity contribution < 1.29 is 4.79 Å². The Morgan fingerprint density at radius 3 is 2.68 bits per heavy atom. The molecule has 2 aromatic rings. The van der Waals surface area contributed by atoms with E-state index in [0.717, 1.165) is 5.69 Å². The molecule has 0 saturated carbocycles. The highest BCUT2D eigenvalue weighted by atomic mass is 35.5. The summed E-state index contributed by atoms with van der Waals surface area (Å²) in [4.78, 5) is 16.1. The van der Waals surface area contributed by atoms with E-state index in [9.17, 15) is 4.79 Å². The Balaban J connectivity index is 2.12. The molecule has 1 amide bonds. The molecule has 6 heteroatoms. The second-order valence-corrected chi connectivity index (χ2v) is 6.13. The fourth-order valence-electron chi connectivity index (χ4n) is 1.77. The Morgan fingerprint density at radius 1 is 1.23 bits per heavy atom. The summed E-state index contributed by atoms with van der Waals surface area (Å²) in [6.07, 6.45) is 1.58. The highest BCUT2D eigenvalue weighted by Gasteiger charge is 2.09. The van der Waals surface area contributed by atoms with E-state index >= 15 is 0 Å². The molecule has 0 saturated heterocycles. The van der Waals surface area contributed by atoms with Gasteiger partial charge in [-0.2, -0.15) is 0 Å². The van der Waals surface area contributed by atoms with Crippen LogP contribution in [0, 0.1) is 5.92 Å². The van der Waals surface area contributed by atoms with E-state index in [1.165, 1.54) is 0 Å². The van der Waals surface area contributed by atoms with E-state index in [1.54, 1.807) is 36.5 Å². The summed E-state index contributed by atoms with van der Waals surface area (Å²) in [6.45, 7) is 4.68. The molecule has 0 aliphatic rings. The van der Waals surface area contributed by atoms with Crippen molar-refractivity contribution in [2.45, 2.75) is 13.8 Å². The maximum atomic E-state index is 12.0. The first-order chi connectivity index (χ1) is 10.5. The lowest BCUT2D eigenvalue weighted by Crippen LogP contribution is -2.28. The molecule has 4 nitrogen and oxygen atoms in total. The monoisotopic (exact) mass is 337 g/mol. The summed E-state index contributed by atoms with van der Waals surface area (Å²) >= 11 is 12.0. The molecular weight excluding hydrogens is 321 g/mol. The minimum absolute atomic E-state index is 0.195. The first-order valence-corrected chi connectivity index (χ1v) is 7.67. The second-order valence-electron chi connectivity index (χ2n) is 5.28. The first kappa shape index (κ1) is 16.6. The smallest absolute Gasteiger partial charge is 0.269 e. The molecule has 1 heterocycles. The number of benzene rings is 1. The van der Waals surface area contributed by atoms with Crippen LogP contribution in [0.15, 0.2) is 36.5 Å². The molecule has 22 heavy (non-hydrogen) atoms. The highest BCUT2D eigenvalue weighted by molar-refractivity contribution is 6.36. The Bertz CT molecular complexity index is 674. The normalized spacial score (nSPS) is 10.6. The van der Waals surface area contributed by atoms with Crippen LogP contribution in [0.2, 0.25) is 10.0 Å². The Morgan fingerprint density at radius 2 is 2.00 bits per heavy atom. The van der Waals surface area contributed by atoms with Crippen molar-refractivity contribution in [1.82, 2.24) is 10.3 Å². The maximum absolute atomic E-state index is 12.0. The Kier molecular flexibility index (Phi) is 5.63. The van der Waals surface area contributed by atoms with E-state index in [4.69, 9.17) is 23.2 Å². The zero-order valence-corrected chi connectivity index (χ0v) is 13.9. The summed E-state index contributed by atoms with van der Waals surface area (Å²) < 4.78 is 0. The minimum atomic E-state index is -0.195. The van der Waals surface area contributed by atoms with Gasteiger partial charge in [-0.25, -0.2) is 0 Å².